The van der Waals surface area contributed by atoms with E-state index in [4.69, 9.17) is 46.4 Å². The normalized spacial score (nSPS) is 15.6. The lowest BCUT2D eigenvalue weighted by molar-refractivity contribution is 0.150. The molecule has 1 N–H and O–H groups in total. The van der Waals surface area contributed by atoms with Crippen LogP contribution in [0.2, 0.25) is 20.1 Å². The van der Waals surface area contributed by atoms with Crippen molar-refractivity contribution in [3.8, 4) is 0 Å². The van der Waals surface area contributed by atoms with Gasteiger partial charge in [-0.25, -0.2) is 0 Å². The van der Waals surface area contributed by atoms with E-state index in [9.17, 15) is 0 Å². The number of hydrogen-bond acceptors (Lipinski definition) is 3. The first-order valence-electron chi connectivity index (χ1n) is 14.2. The Bertz CT molecular complexity index is 1390. The summed E-state index contributed by atoms with van der Waals surface area (Å²) in [7, 11) is 0. The zero-order chi connectivity index (χ0) is 28.9. The molecule has 4 aromatic rings. The Morgan fingerprint density at radius 2 is 1.46 bits per heavy atom. The molecule has 0 unspecified atom stereocenters. The summed E-state index contributed by atoms with van der Waals surface area (Å²) in [6.45, 7) is 7.00. The van der Waals surface area contributed by atoms with Gasteiger partial charge in [0.25, 0.3) is 0 Å². The summed E-state index contributed by atoms with van der Waals surface area (Å²) in [5.74, 6) is 0. The molecular weight excluding hydrogens is 592 g/mol. The third-order valence-electron chi connectivity index (χ3n) is 8.65. The van der Waals surface area contributed by atoms with E-state index in [1.165, 1.54) is 5.56 Å². The first-order valence-corrected chi connectivity index (χ1v) is 15.7. The van der Waals surface area contributed by atoms with E-state index in [1.807, 2.05) is 48.7 Å². The minimum absolute atomic E-state index is 0.132. The molecule has 0 saturated carbocycles. The van der Waals surface area contributed by atoms with Crippen LogP contribution in [0.25, 0.3) is 0 Å². The Hall–Kier alpha value is -2.11. The second kappa shape index (κ2) is 13.5. The van der Waals surface area contributed by atoms with Crippen molar-refractivity contribution in [2.45, 2.75) is 37.0 Å². The molecule has 1 aliphatic rings. The fraction of sp³-hybridized carbons (Fsp3) is 0.324. The average molecular weight is 627 g/mol. The number of rotatable bonds is 10. The third-order valence-corrected chi connectivity index (χ3v) is 9.75. The summed E-state index contributed by atoms with van der Waals surface area (Å²) in [5.41, 5.74) is 3.82. The number of piperidine rings is 1. The van der Waals surface area contributed by atoms with Crippen molar-refractivity contribution in [1.29, 1.82) is 0 Å². The molecule has 3 nitrogen and oxygen atoms in total. The van der Waals surface area contributed by atoms with E-state index >= 15 is 0 Å². The molecule has 7 heteroatoms. The fourth-order valence-electron chi connectivity index (χ4n) is 6.41. The molecule has 0 spiro atoms. The Balaban J connectivity index is 1.51. The number of likely N-dealkylation sites (tertiary alicyclic amines) is 1. The summed E-state index contributed by atoms with van der Waals surface area (Å²) in [5, 5.41) is 6.02. The highest BCUT2D eigenvalue weighted by atomic mass is 35.5. The van der Waals surface area contributed by atoms with E-state index in [0.717, 1.165) is 68.7 Å². The van der Waals surface area contributed by atoms with E-state index in [1.54, 1.807) is 6.20 Å². The number of aromatic nitrogens is 1. The van der Waals surface area contributed by atoms with Gasteiger partial charge in [-0.05, 0) is 98.0 Å². The Labute approximate surface area is 263 Å². The van der Waals surface area contributed by atoms with E-state index in [2.05, 4.69) is 58.5 Å². The first-order chi connectivity index (χ1) is 19.9. The van der Waals surface area contributed by atoms with Gasteiger partial charge in [-0.2, -0.15) is 0 Å². The lowest BCUT2D eigenvalue weighted by atomic mass is 9.67. The molecule has 214 valence electrons. The maximum atomic E-state index is 6.98. The lowest BCUT2D eigenvalue weighted by Crippen LogP contribution is -2.49. The van der Waals surface area contributed by atoms with Crippen LogP contribution < -0.4 is 5.32 Å². The van der Waals surface area contributed by atoms with Crippen LogP contribution in [-0.4, -0.2) is 42.6 Å². The SMILES string of the molecule is CCNCC1(c2ccccc2)CCN(CCC(c2cccnc2)(c2ccc(Cl)cc2Cl)c2ccc(Cl)cc2Cl)CC1. The van der Waals surface area contributed by atoms with Crippen molar-refractivity contribution in [2.75, 3.05) is 32.7 Å². The third kappa shape index (κ3) is 6.46. The number of nitrogens with zero attached hydrogens (tertiary/aromatic N) is 2. The van der Waals surface area contributed by atoms with Crippen LogP contribution in [0.3, 0.4) is 0 Å². The van der Waals surface area contributed by atoms with Crippen molar-refractivity contribution in [3.63, 3.8) is 0 Å². The minimum atomic E-state index is -0.657. The number of nitrogens with one attached hydrogen (secondary N) is 1. The summed E-state index contributed by atoms with van der Waals surface area (Å²) in [6.07, 6.45) is 6.65. The number of benzene rings is 3. The molecule has 0 atom stereocenters. The quantitative estimate of drug-likeness (QED) is 0.190. The van der Waals surface area contributed by atoms with Gasteiger partial charge in [0.2, 0.25) is 0 Å². The standard InChI is InChI=1S/C34H35Cl4N3/c1-2-39-24-33(25-7-4-3-5-8-25)14-18-41(19-15-33)20-16-34(26-9-6-17-40-23-26,29-12-10-27(35)21-31(29)37)30-13-11-28(36)22-32(30)38/h3-13,17,21-23,39H,2,14-16,18-20,24H2,1H3. The number of likely N-dealkylation sites (N-methyl/N-ethyl adjacent to an activating group) is 1. The number of halogens is 4. The topological polar surface area (TPSA) is 28.2 Å². The van der Waals surface area contributed by atoms with Gasteiger partial charge in [-0.15, -0.1) is 0 Å². The largest absolute Gasteiger partial charge is 0.316 e. The number of pyridine rings is 1. The molecule has 0 bridgehead atoms. The molecule has 0 aliphatic carbocycles. The summed E-state index contributed by atoms with van der Waals surface area (Å²) in [6, 6.07) is 26.5. The molecule has 0 radical (unpaired) electrons. The van der Waals surface area contributed by atoms with Gasteiger partial charge in [-0.1, -0.05) is 102 Å². The second-order valence-electron chi connectivity index (χ2n) is 10.9. The van der Waals surface area contributed by atoms with E-state index in [-0.39, 0.29) is 5.41 Å². The van der Waals surface area contributed by atoms with Gasteiger partial charge in [-0.3, -0.25) is 4.98 Å². The van der Waals surface area contributed by atoms with Crippen LogP contribution >= 0.6 is 46.4 Å². The van der Waals surface area contributed by atoms with E-state index in [0.29, 0.717) is 20.1 Å². The molecule has 1 saturated heterocycles. The van der Waals surface area contributed by atoms with Crippen molar-refractivity contribution in [2.24, 2.45) is 0 Å². The monoisotopic (exact) mass is 625 g/mol. The van der Waals surface area contributed by atoms with Crippen molar-refractivity contribution >= 4 is 46.4 Å². The zero-order valence-electron chi connectivity index (χ0n) is 23.2. The van der Waals surface area contributed by atoms with Gasteiger partial charge in [0, 0.05) is 44.4 Å². The predicted octanol–water partition coefficient (Wildman–Crippen LogP) is 9.06. The van der Waals surface area contributed by atoms with Gasteiger partial charge < -0.3 is 10.2 Å². The number of hydrogen-bond donors (Lipinski definition) is 1. The molecule has 0 amide bonds. The maximum Gasteiger partial charge on any atom is 0.0508 e. The smallest absolute Gasteiger partial charge is 0.0508 e. The van der Waals surface area contributed by atoms with Gasteiger partial charge in [0.05, 0.1) is 5.41 Å². The lowest BCUT2D eigenvalue weighted by Gasteiger charge is -2.44. The fourth-order valence-corrected chi connectivity index (χ4v) is 7.55. The van der Waals surface area contributed by atoms with Crippen LogP contribution in [0, 0.1) is 0 Å². The van der Waals surface area contributed by atoms with Gasteiger partial charge in [0.1, 0.15) is 0 Å². The first kappa shape index (κ1) is 30.4. The highest BCUT2D eigenvalue weighted by Gasteiger charge is 2.41. The van der Waals surface area contributed by atoms with Crippen LogP contribution in [0.5, 0.6) is 0 Å². The summed E-state index contributed by atoms with van der Waals surface area (Å²) >= 11 is 26.7. The molecule has 1 aliphatic heterocycles. The summed E-state index contributed by atoms with van der Waals surface area (Å²) < 4.78 is 0. The second-order valence-corrected chi connectivity index (χ2v) is 12.6. The molecule has 2 heterocycles. The van der Waals surface area contributed by atoms with Crippen molar-refractivity contribution in [3.05, 3.63) is 134 Å². The molecular formula is C34H35Cl4N3. The van der Waals surface area contributed by atoms with Crippen LogP contribution in [0.4, 0.5) is 0 Å². The highest BCUT2D eigenvalue weighted by molar-refractivity contribution is 6.36. The molecule has 1 aromatic heterocycles. The summed E-state index contributed by atoms with van der Waals surface area (Å²) in [4.78, 5) is 7.09. The Kier molecular flexibility index (Phi) is 9.97. The van der Waals surface area contributed by atoms with Crippen molar-refractivity contribution < 1.29 is 0 Å². The molecule has 1 fully saturated rings. The van der Waals surface area contributed by atoms with Gasteiger partial charge in [0.15, 0.2) is 0 Å². The van der Waals surface area contributed by atoms with Crippen LogP contribution in [0.15, 0.2) is 91.3 Å². The predicted molar refractivity (Wildman–Crippen MR) is 174 cm³/mol. The van der Waals surface area contributed by atoms with Crippen LogP contribution in [-0.2, 0) is 10.8 Å². The molecule has 3 aromatic carbocycles. The minimum Gasteiger partial charge on any atom is -0.316 e. The molecule has 5 rings (SSSR count). The molecule has 41 heavy (non-hydrogen) atoms. The maximum absolute atomic E-state index is 6.98. The van der Waals surface area contributed by atoms with Crippen molar-refractivity contribution in [1.82, 2.24) is 15.2 Å². The average Bonchev–Trinajstić information content (AvgIpc) is 2.99. The van der Waals surface area contributed by atoms with Crippen LogP contribution in [0.1, 0.15) is 48.4 Å². The zero-order valence-corrected chi connectivity index (χ0v) is 26.2. The Morgan fingerprint density at radius 1 is 0.829 bits per heavy atom. The van der Waals surface area contributed by atoms with Gasteiger partial charge >= 0.3 is 0 Å². The Morgan fingerprint density at radius 3 is 2.00 bits per heavy atom. The highest BCUT2D eigenvalue weighted by Crippen LogP contribution is 2.48. The van der Waals surface area contributed by atoms with E-state index < -0.39 is 5.41 Å².